The van der Waals surface area contributed by atoms with Crippen molar-refractivity contribution >= 4 is 16.8 Å². The van der Waals surface area contributed by atoms with Gasteiger partial charge in [-0.25, -0.2) is 0 Å². The molecular formula is C22H28N2O. The van der Waals surface area contributed by atoms with E-state index in [0.29, 0.717) is 11.8 Å². The second kappa shape index (κ2) is 5.89. The highest BCUT2D eigenvalue weighted by Crippen LogP contribution is 2.59. The van der Waals surface area contributed by atoms with E-state index in [1.807, 2.05) is 0 Å². The molecule has 1 amide bonds. The molecule has 1 heterocycles. The van der Waals surface area contributed by atoms with Crippen molar-refractivity contribution in [1.29, 1.82) is 0 Å². The van der Waals surface area contributed by atoms with Gasteiger partial charge in [0.1, 0.15) is 0 Å². The lowest BCUT2D eigenvalue weighted by Crippen LogP contribution is -2.51. The van der Waals surface area contributed by atoms with Crippen LogP contribution in [-0.4, -0.2) is 17.0 Å². The van der Waals surface area contributed by atoms with E-state index in [4.69, 9.17) is 0 Å². The Hall–Kier alpha value is -1.77. The number of nitrogens with one attached hydrogen (secondary N) is 1. The smallest absolute Gasteiger partial charge is 0.221 e. The highest BCUT2D eigenvalue weighted by atomic mass is 16.1. The predicted molar refractivity (Wildman–Crippen MR) is 100 cm³/mol. The number of benzene rings is 1. The van der Waals surface area contributed by atoms with E-state index in [2.05, 4.69) is 46.4 Å². The highest BCUT2D eigenvalue weighted by Gasteiger charge is 2.50. The summed E-state index contributed by atoms with van der Waals surface area (Å²) in [7, 11) is 0. The van der Waals surface area contributed by atoms with Gasteiger partial charge in [0.15, 0.2) is 0 Å². The molecule has 1 aromatic carbocycles. The lowest BCUT2D eigenvalue weighted by molar-refractivity contribution is -0.123. The van der Waals surface area contributed by atoms with E-state index in [9.17, 15) is 4.79 Å². The number of hydrogen-bond acceptors (Lipinski definition) is 1. The molecule has 0 unspecified atom stereocenters. The van der Waals surface area contributed by atoms with E-state index >= 15 is 0 Å². The Morgan fingerprint density at radius 1 is 1.04 bits per heavy atom. The second-order valence-electron chi connectivity index (χ2n) is 9.01. The fourth-order valence-corrected chi connectivity index (χ4v) is 6.44. The van der Waals surface area contributed by atoms with E-state index in [1.165, 1.54) is 49.4 Å². The molecule has 4 saturated carbocycles. The first-order valence-corrected chi connectivity index (χ1v) is 10.00. The van der Waals surface area contributed by atoms with Crippen molar-refractivity contribution in [1.82, 2.24) is 9.88 Å². The molecule has 4 aliphatic rings. The van der Waals surface area contributed by atoms with Crippen LogP contribution < -0.4 is 5.32 Å². The van der Waals surface area contributed by atoms with Crippen LogP contribution in [0.4, 0.5) is 0 Å². The minimum absolute atomic E-state index is 0.216. The van der Waals surface area contributed by atoms with Crippen molar-refractivity contribution in [3.63, 3.8) is 0 Å². The average Bonchev–Trinajstić information content (AvgIpc) is 3.00. The van der Waals surface area contributed by atoms with Crippen molar-refractivity contribution < 1.29 is 4.79 Å². The summed E-state index contributed by atoms with van der Waals surface area (Å²) in [5.74, 6) is 3.08. The van der Waals surface area contributed by atoms with E-state index in [1.54, 1.807) is 0 Å². The third-order valence-electron chi connectivity index (χ3n) is 7.09. The van der Waals surface area contributed by atoms with Crippen LogP contribution in [0, 0.1) is 23.2 Å². The molecule has 0 aliphatic heterocycles. The van der Waals surface area contributed by atoms with Gasteiger partial charge in [0.25, 0.3) is 0 Å². The van der Waals surface area contributed by atoms with Crippen LogP contribution in [0.1, 0.15) is 44.9 Å². The normalized spacial score (nSPS) is 33.0. The quantitative estimate of drug-likeness (QED) is 0.864. The molecule has 3 heteroatoms. The van der Waals surface area contributed by atoms with Gasteiger partial charge in [0, 0.05) is 31.2 Å². The molecule has 6 rings (SSSR count). The van der Waals surface area contributed by atoms with Gasteiger partial charge < -0.3 is 9.88 Å². The lowest BCUT2D eigenvalue weighted by Gasteiger charge is -2.56. The molecule has 132 valence electrons. The molecule has 0 saturated heterocycles. The molecule has 3 nitrogen and oxygen atoms in total. The predicted octanol–water partition coefficient (Wildman–Crippen LogP) is 4.36. The zero-order valence-corrected chi connectivity index (χ0v) is 14.9. The number of aryl methyl sites for hydroxylation is 1. The summed E-state index contributed by atoms with van der Waals surface area (Å²) >= 11 is 0. The fourth-order valence-electron chi connectivity index (χ4n) is 6.44. The van der Waals surface area contributed by atoms with Gasteiger partial charge in [-0.05, 0) is 79.2 Å². The summed E-state index contributed by atoms with van der Waals surface area (Å²) in [4.78, 5) is 12.4. The van der Waals surface area contributed by atoms with Crippen LogP contribution in [0.25, 0.3) is 10.9 Å². The third-order valence-corrected chi connectivity index (χ3v) is 7.09. The molecule has 25 heavy (non-hydrogen) atoms. The van der Waals surface area contributed by atoms with Crippen molar-refractivity contribution in [3.8, 4) is 0 Å². The van der Waals surface area contributed by atoms with Gasteiger partial charge >= 0.3 is 0 Å². The first kappa shape index (κ1) is 15.5. The van der Waals surface area contributed by atoms with E-state index in [0.717, 1.165) is 30.8 Å². The van der Waals surface area contributed by atoms with Crippen LogP contribution in [0.3, 0.4) is 0 Å². The number of nitrogens with zero attached hydrogens (tertiary/aromatic N) is 1. The fraction of sp³-hybridized carbons (Fsp3) is 0.591. The van der Waals surface area contributed by atoms with Crippen molar-refractivity contribution in [2.75, 3.05) is 6.54 Å². The van der Waals surface area contributed by atoms with Gasteiger partial charge in [-0.15, -0.1) is 0 Å². The first-order valence-electron chi connectivity index (χ1n) is 10.00. The maximum atomic E-state index is 12.4. The molecular weight excluding hydrogens is 308 g/mol. The Balaban J connectivity index is 1.18. The van der Waals surface area contributed by atoms with E-state index in [-0.39, 0.29) is 5.91 Å². The van der Waals surface area contributed by atoms with Crippen LogP contribution in [0.5, 0.6) is 0 Å². The molecule has 4 fully saturated rings. The van der Waals surface area contributed by atoms with Crippen LogP contribution >= 0.6 is 0 Å². The van der Waals surface area contributed by atoms with Crippen LogP contribution in [0.15, 0.2) is 36.5 Å². The average molecular weight is 336 g/mol. The summed E-state index contributed by atoms with van der Waals surface area (Å²) in [6.45, 7) is 1.68. The van der Waals surface area contributed by atoms with Gasteiger partial charge in [-0.2, -0.15) is 0 Å². The maximum Gasteiger partial charge on any atom is 0.221 e. The molecule has 0 spiro atoms. The summed E-state index contributed by atoms with van der Waals surface area (Å²) < 4.78 is 2.19. The number of aromatic nitrogens is 1. The van der Waals surface area contributed by atoms with Gasteiger partial charge in [-0.3, -0.25) is 4.79 Å². The number of amides is 1. The molecule has 4 aliphatic carbocycles. The summed E-state index contributed by atoms with van der Waals surface area (Å²) in [6.07, 6.45) is 11.2. The summed E-state index contributed by atoms with van der Waals surface area (Å²) in [5, 5.41) is 4.54. The maximum absolute atomic E-state index is 12.4. The minimum atomic E-state index is 0.216. The van der Waals surface area contributed by atoms with Crippen molar-refractivity contribution in [2.24, 2.45) is 23.2 Å². The zero-order chi connectivity index (χ0) is 16.9. The second-order valence-corrected chi connectivity index (χ2v) is 9.01. The highest BCUT2D eigenvalue weighted by molar-refractivity contribution is 5.80. The number of fused-ring (bicyclic) bond motifs is 1. The Bertz CT molecular complexity index is 755. The Morgan fingerprint density at radius 3 is 2.44 bits per heavy atom. The number of para-hydroxylation sites is 1. The zero-order valence-electron chi connectivity index (χ0n) is 14.9. The van der Waals surface area contributed by atoms with Gasteiger partial charge in [-0.1, -0.05) is 18.2 Å². The summed E-state index contributed by atoms with van der Waals surface area (Å²) in [6, 6.07) is 10.5. The van der Waals surface area contributed by atoms with Crippen LogP contribution in [0.2, 0.25) is 0 Å². The molecule has 1 aromatic heterocycles. The standard InChI is InChI=1S/C22H28N2O/c25-21(6-8-24-7-5-19-3-1-2-4-20(19)24)23-15-22-12-16-9-17(13-22)11-18(10-16)14-22/h1-5,7,16-18H,6,8-15H2,(H,23,25). The monoisotopic (exact) mass is 336 g/mol. The Morgan fingerprint density at radius 2 is 1.72 bits per heavy atom. The lowest BCUT2D eigenvalue weighted by atomic mass is 9.49. The number of carbonyl (C=O) groups excluding carboxylic acids is 1. The minimum Gasteiger partial charge on any atom is -0.355 e. The Kier molecular flexibility index (Phi) is 3.65. The SMILES string of the molecule is O=C(CCn1ccc2ccccc21)NCC12CC3CC(CC(C3)C1)C2. The topological polar surface area (TPSA) is 34.0 Å². The number of carbonyl (C=O) groups is 1. The molecule has 0 atom stereocenters. The van der Waals surface area contributed by atoms with Gasteiger partial charge in [0.05, 0.1) is 0 Å². The Labute approximate surface area is 149 Å². The summed E-state index contributed by atoms with van der Waals surface area (Å²) in [5.41, 5.74) is 1.65. The van der Waals surface area contributed by atoms with Crippen molar-refractivity contribution in [3.05, 3.63) is 36.5 Å². The number of hydrogen-bond donors (Lipinski definition) is 1. The number of rotatable bonds is 5. The molecule has 4 bridgehead atoms. The first-order chi connectivity index (χ1) is 12.2. The van der Waals surface area contributed by atoms with Gasteiger partial charge in [0.2, 0.25) is 5.91 Å². The molecule has 1 N–H and O–H groups in total. The van der Waals surface area contributed by atoms with Crippen molar-refractivity contribution in [2.45, 2.75) is 51.5 Å². The molecule has 0 radical (unpaired) electrons. The third kappa shape index (κ3) is 2.88. The van der Waals surface area contributed by atoms with E-state index < -0.39 is 0 Å². The largest absolute Gasteiger partial charge is 0.355 e. The molecule has 2 aromatic rings. The van der Waals surface area contributed by atoms with Crippen LogP contribution in [-0.2, 0) is 11.3 Å².